The average Bonchev–Trinajstić information content (AvgIpc) is 2.64. The van der Waals surface area contributed by atoms with Crippen molar-refractivity contribution in [2.45, 2.75) is 40.5 Å². The number of ketones is 1. The molecular weight excluding hydrogens is 352 g/mol. The molecule has 0 heterocycles. The fourth-order valence-corrected chi connectivity index (χ4v) is 3.08. The van der Waals surface area contributed by atoms with Gasteiger partial charge in [-0.15, -0.1) is 0 Å². The number of nitrogens with zero attached hydrogens (tertiary/aromatic N) is 1. The Morgan fingerprint density at radius 1 is 0.893 bits per heavy atom. The van der Waals surface area contributed by atoms with Crippen molar-refractivity contribution in [3.8, 4) is 0 Å². The van der Waals surface area contributed by atoms with Gasteiger partial charge in [-0.05, 0) is 50.5 Å². The Morgan fingerprint density at radius 3 is 2.18 bits per heavy atom. The van der Waals surface area contributed by atoms with Gasteiger partial charge in [-0.3, -0.25) is 14.4 Å². The van der Waals surface area contributed by atoms with E-state index in [1.165, 1.54) is 4.90 Å². The molecule has 0 radical (unpaired) electrons. The van der Waals surface area contributed by atoms with Crippen molar-refractivity contribution in [2.75, 3.05) is 18.9 Å². The third kappa shape index (κ3) is 5.52. The van der Waals surface area contributed by atoms with Gasteiger partial charge in [0.05, 0.1) is 6.54 Å². The summed E-state index contributed by atoms with van der Waals surface area (Å²) in [7, 11) is 1.58. The Labute approximate surface area is 166 Å². The second-order valence-electron chi connectivity index (χ2n) is 7.31. The van der Waals surface area contributed by atoms with Crippen LogP contribution in [0.3, 0.4) is 0 Å². The topological polar surface area (TPSA) is 66.5 Å². The lowest BCUT2D eigenvalue weighted by Crippen LogP contribution is -2.35. The van der Waals surface area contributed by atoms with Crippen LogP contribution in [0.1, 0.15) is 45.5 Å². The van der Waals surface area contributed by atoms with E-state index in [1.807, 2.05) is 64.1 Å². The van der Waals surface area contributed by atoms with Crippen LogP contribution < -0.4 is 5.32 Å². The second-order valence-corrected chi connectivity index (χ2v) is 7.31. The third-order valence-electron chi connectivity index (χ3n) is 4.81. The molecule has 2 rings (SSSR count). The van der Waals surface area contributed by atoms with E-state index in [2.05, 4.69) is 5.32 Å². The van der Waals surface area contributed by atoms with Crippen molar-refractivity contribution in [1.29, 1.82) is 0 Å². The predicted octanol–water partition coefficient (Wildman–Crippen LogP) is 3.98. The standard InChI is InChI=1S/C23H28N2O3/c1-15-9-10-16(2)19(13-15)20(26)11-12-22(28)25(5)14-21(27)24-23-17(3)7-6-8-18(23)4/h6-10,13H,11-12,14H2,1-5H3,(H,24,27). The second kappa shape index (κ2) is 9.31. The van der Waals surface area contributed by atoms with Crippen LogP contribution in [0.15, 0.2) is 36.4 Å². The number of Topliss-reactive ketones (excluding diaryl/α,β-unsaturated/α-hetero) is 1. The van der Waals surface area contributed by atoms with Crippen LogP contribution in [0.25, 0.3) is 0 Å². The van der Waals surface area contributed by atoms with E-state index >= 15 is 0 Å². The Hall–Kier alpha value is -2.95. The summed E-state index contributed by atoms with van der Waals surface area (Å²) >= 11 is 0. The fraction of sp³-hybridized carbons (Fsp3) is 0.348. The SMILES string of the molecule is Cc1ccc(C)c(C(=O)CCC(=O)N(C)CC(=O)Nc2c(C)cccc2C)c1. The molecule has 148 valence electrons. The molecule has 1 N–H and O–H groups in total. The lowest BCUT2D eigenvalue weighted by molar-refractivity contribution is -0.133. The minimum atomic E-state index is -0.255. The zero-order valence-electron chi connectivity index (χ0n) is 17.3. The van der Waals surface area contributed by atoms with Gasteiger partial charge in [-0.25, -0.2) is 0 Å². The van der Waals surface area contributed by atoms with Crippen LogP contribution >= 0.6 is 0 Å². The van der Waals surface area contributed by atoms with Crippen molar-refractivity contribution >= 4 is 23.3 Å². The number of aryl methyl sites for hydroxylation is 4. The molecule has 0 atom stereocenters. The number of amides is 2. The number of likely N-dealkylation sites (N-methyl/N-ethyl adjacent to an activating group) is 1. The highest BCUT2D eigenvalue weighted by Gasteiger charge is 2.17. The molecule has 0 aliphatic carbocycles. The lowest BCUT2D eigenvalue weighted by Gasteiger charge is -2.18. The number of nitrogens with one attached hydrogen (secondary N) is 1. The number of para-hydroxylation sites is 1. The van der Waals surface area contributed by atoms with Gasteiger partial charge < -0.3 is 10.2 Å². The molecule has 2 amide bonds. The summed E-state index contributed by atoms with van der Waals surface area (Å²) in [6, 6.07) is 11.5. The highest BCUT2D eigenvalue weighted by Crippen LogP contribution is 2.19. The summed E-state index contributed by atoms with van der Waals surface area (Å²) in [4.78, 5) is 38.4. The number of carbonyl (C=O) groups excluding carboxylic acids is 3. The summed E-state index contributed by atoms with van der Waals surface area (Å²) in [5.41, 5.74) is 5.30. The molecule has 0 aliphatic heterocycles. The van der Waals surface area contributed by atoms with Crippen molar-refractivity contribution in [3.63, 3.8) is 0 Å². The van der Waals surface area contributed by atoms with Gasteiger partial charge in [0.1, 0.15) is 0 Å². The van der Waals surface area contributed by atoms with Crippen molar-refractivity contribution in [3.05, 3.63) is 64.2 Å². The molecule has 0 bridgehead atoms. The number of hydrogen-bond donors (Lipinski definition) is 1. The first-order chi connectivity index (χ1) is 13.2. The van der Waals surface area contributed by atoms with Gasteiger partial charge in [0.2, 0.25) is 11.8 Å². The van der Waals surface area contributed by atoms with E-state index in [0.717, 1.165) is 27.9 Å². The molecule has 5 heteroatoms. The molecule has 0 unspecified atom stereocenters. The fourth-order valence-electron chi connectivity index (χ4n) is 3.08. The first-order valence-electron chi connectivity index (χ1n) is 9.39. The highest BCUT2D eigenvalue weighted by molar-refractivity contribution is 6.00. The molecule has 5 nitrogen and oxygen atoms in total. The molecule has 0 saturated heterocycles. The summed E-state index contributed by atoms with van der Waals surface area (Å²) in [5.74, 6) is -0.535. The van der Waals surface area contributed by atoms with Gasteiger partial charge in [0, 0.05) is 31.1 Å². The van der Waals surface area contributed by atoms with E-state index < -0.39 is 0 Å². The first kappa shape index (κ1) is 21.4. The summed E-state index contributed by atoms with van der Waals surface area (Å²) in [5, 5.41) is 2.87. The van der Waals surface area contributed by atoms with E-state index in [4.69, 9.17) is 0 Å². The number of anilines is 1. The molecule has 0 aromatic heterocycles. The summed E-state index contributed by atoms with van der Waals surface area (Å²) < 4.78 is 0. The zero-order valence-corrected chi connectivity index (χ0v) is 17.3. The van der Waals surface area contributed by atoms with Crippen LogP contribution in [-0.2, 0) is 9.59 Å². The minimum absolute atomic E-state index is 0.0513. The Kier molecular flexibility index (Phi) is 7.10. The van der Waals surface area contributed by atoms with E-state index in [0.29, 0.717) is 5.56 Å². The van der Waals surface area contributed by atoms with Crippen LogP contribution in [0, 0.1) is 27.7 Å². The molecule has 2 aromatic carbocycles. The number of rotatable bonds is 7. The Bertz CT molecular complexity index is 882. The van der Waals surface area contributed by atoms with Crippen LogP contribution in [0.4, 0.5) is 5.69 Å². The minimum Gasteiger partial charge on any atom is -0.336 e. The maximum atomic E-state index is 12.4. The van der Waals surface area contributed by atoms with Gasteiger partial charge in [0.25, 0.3) is 0 Å². The number of benzene rings is 2. The van der Waals surface area contributed by atoms with Crippen molar-refractivity contribution in [2.24, 2.45) is 0 Å². The van der Waals surface area contributed by atoms with Crippen molar-refractivity contribution < 1.29 is 14.4 Å². The molecule has 28 heavy (non-hydrogen) atoms. The lowest BCUT2D eigenvalue weighted by atomic mass is 9.99. The average molecular weight is 380 g/mol. The zero-order chi connectivity index (χ0) is 20.8. The molecule has 0 aliphatic rings. The molecule has 0 spiro atoms. The molecule has 0 fully saturated rings. The third-order valence-corrected chi connectivity index (χ3v) is 4.81. The van der Waals surface area contributed by atoms with Gasteiger partial charge in [0.15, 0.2) is 5.78 Å². The normalized spacial score (nSPS) is 10.5. The largest absolute Gasteiger partial charge is 0.336 e. The van der Waals surface area contributed by atoms with Crippen LogP contribution in [0.2, 0.25) is 0 Å². The molecule has 0 saturated carbocycles. The molecule has 2 aromatic rings. The highest BCUT2D eigenvalue weighted by atomic mass is 16.2. The Morgan fingerprint density at radius 2 is 1.54 bits per heavy atom. The summed E-state index contributed by atoms with van der Waals surface area (Å²) in [6.45, 7) is 7.62. The molecular formula is C23H28N2O3. The quantitative estimate of drug-likeness (QED) is 0.739. The Balaban J connectivity index is 1.89. The number of carbonyl (C=O) groups is 3. The van der Waals surface area contributed by atoms with Crippen molar-refractivity contribution in [1.82, 2.24) is 4.90 Å². The summed E-state index contributed by atoms with van der Waals surface area (Å²) in [6.07, 6.45) is 0.214. The van der Waals surface area contributed by atoms with Gasteiger partial charge in [-0.1, -0.05) is 35.9 Å². The maximum Gasteiger partial charge on any atom is 0.243 e. The monoisotopic (exact) mass is 380 g/mol. The first-order valence-corrected chi connectivity index (χ1v) is 9.39. The van der Waals surface area contributed by atoms with Crippen LogP contribution in [0.5, 0.6) is 0 Å². The smallest absolute Gasteiger partial charge is 0.243 e. The van der Waals surface area contributed by atoms with Crippen LogP contribution in [-0.4, -0.2) is 36.1 Å². The van der Waals surface area contributed by atoms with E-state index in [1.54, 1.807) is 7.05 Å². The number of hydrogen-bond acceptors (Lipinski definition) is 3. The van der Waals surface area contributed by atoms with Gasteiger partial charge in [-0.2, -0.15) is 0 Å². The predicted molar refractivity (Wildman–Crippen MR) is 112 cm³/mol. The maximum absolute atomic E-state index is 12.4. The van der Waals surface area contributed by atoms with Gasteiger partial charge >= 0.3 is 0 Å². The van der Waals surface area contributed by atoms with E-state index in [9.17, 15) is 14.4 Å². The van der Waals surface area contributed by atoms with E-state index in [-0.39, 0.29) is 37.0 Å².